The van der Waals surface area contributed by atoms with Crippen LogP contribution in [0.3, 0.4) is 0 Å². The quantitative estimate of drug-likeness (QED) is 0.243. The van der Waals surface area contributed by atoms with Crippen LogP contribution >= 0.6 is 15.9 Å². The molecule has 3 aliphatic rings. The zero-order valence-corrected chi connectivity index (χ0v) is 26.7. The minimum absolute atomic E-state index is 0.0872. The Labute approximate surface area is 257 Å². The molecule has 0 saturated carbocycles. The third-order valence-electron chi connectivity index (χ3n) is 8.87. The molecule has 10 heteroatoms. The van der Waals surface area contributed by atoms with E-state index in [1.807, 2.05) is 26.0 Å². The van der Waals surface area contributed by atoms with Gasteiger partial charge < -0.3 is 29.3 Å². The van der Waals surface area contributed by atoms with Crippen molar-refractivity contribution in [2.75, 3.05) is 31.2 Å². The summed E-state index contributed by atoms with van der Waals surface area (Å²) in [6.45, 7) is 16.2. The van der Waals surface area contributed by atoms with Crippen LogP contribution in [-0.4, -0.2) is 93.6 Å². The number of amides is 3. The Morgan fingerprint density at radius 1 is 1.19 bits per heavy atom. The van der Waals surface area contributed by atoms with E-state index in [-0.39, 0.29) is 41.7 Å². The number of nitrogens with zero attached hydrogens (tertiary/aromatic N) is 3. The molecule has 42 heavy (non-hydrogen) atoms. The molecule has 0 aliphatic carbocycles. The number of benzene rings is 1. The summed E-state index contributed by atoms with van der Waals surface area (Å²) in [6.07, 6.45) is 4.82. The number of aliphatic hydroxyl groups is 1. The van der Waals surface area contributed by atoms with Crippen molar-refractivity contribution in [3.8, 4) is 5.75 Å². The summed E-state index contributed by atoms with van der Waals surface area (Å²) >= 11 is 3.75. The summed E-state index contributed by atoms with van der Waals surface area (Å²) in [5.74, 6) is -1.84. The van der Waals surface area contributed by atoms with Crippen molar-refractivity contribution in [2.24, 2.45) is 11.8 Å². The van der Waals surface area contributed by atoms with Gasteiger partial charge in [0.2, 0.25) is 17.7 Å². The SMILES string of the molecule is C=CCN(C(=O)[C@H]1[C@@H]2OC3(CC2Br)C(C(=O)N(CC=C)C(C)CCC)N([C@H](C)CO)C(=O)[C@H]13)c1ccc(OCC)cc1. The van der Waals surface area contributed by atoms with E-state index in [2.05, 4.69) is 36.0 Å². The summed E-state index contributed by atoms with van der Waals surface area (Å²) < 4.78 is 12.3. The van der Waals surface area contributed by atoms with Crippen LogP contribution in [0.4, 0.5) is 5.69 Å². The minimum Gasteiger partial charge on any atom is -0.494 e. The number of halogens is 1. The monoisotopic (exact) mass is 645 g/mol. The second-order valence-electron chi connectivity index (χ2n) is 11.5. The Morgan fingerprint density at radius 2 is 1.86 bits per heavy atom. The van der Waals surface area contributed by atoms with Gasteiger partial charge in [0, 0.05) is 29.6 Å². The number of ether oxygens (including phenoxy) is 2. The topological polar surface area (TPSA) is 99.6 Å². The fourth-order valence-corrected chi connectivity index (χ4v) is 8.01. The number of likely N-dealkylation sites (tertiary alicyclic amines) is 1. The normalized spacial score (nSPS) is 29.1. The molecule has 1 aromatic rings. The Morgan fingerprint density at radius 3 is 2.43 bits per heavy atom. The van der Waals surface area contributed by atoms with Crippen molar-refractivity contribution in [1.82, 2.24) is 9.80 Å². The molecule has 4 unspecified atom stereocenters. The van der Waals surface area contributed by atoms with E-state index in [0.717, 1.165) is 12.8 Å². The molecule has 1 spiro atoms. The van der Waals surface area contributed by atoms with Gasteiger partial charge in [-0.1, -0.05) is 41.4 Å². The lowest BCUT2D eigenvalue weighted by Gasteiger charge is -2.40. The fourth-order valence-electron chi connectivity index (χ4n) is 7.07. The number of anilines is 1. The van der Waals surface area contributed by atoms with Crippen molar-refractivity contribution >= 4 is 39.3 Å². The van der Waals surface area contributed by atoms with E-state index in [0.29, 0.717) is 31.0 Å². The molecule has 0 aromatic heterocycles. The fraction of sp³-hybridized carbons (Fsp3) is 0.594. The first-order chi connectivity index (χ1) is 20.1. The summed E-state index contributed by atoms with van der Waals surface area (Å²) in [6, 6.07) is 5.54. The smallest absolute Gasteiger partial charge is 0.248 e. The second-order valence-corrected chi connectivity index (χ2v) is 12.7. The van der Waals surface area contributed by atoms with Crippen LogP contribution in [0.2, 0.25) is 0 Å². The number of hydrogen-bond donors (Lipinski definition) is 1. The maximum absolute atomic E-state index is 14.5. The van der Waals surface area contributed by atoms with E-state index in [1.165, 1.54) is 4.90 Å². The lowest BCUT2D eigenvalue weighted by Crippen LogP contribution is -2.60. The first-order valence-corrected chi connectivity index (χ1v) is 15.8. The van der Waals surface area contributed by atoms with E-state index in [9.17, 15) is 19.5 Å². The molecule has 0 radical (unpaired) electrons. The molecule has 3 fully saturated rings. The lowest BCUT2D eigenvalue weighted by atomic mass is 9.70. The average molecular weight is 647 g/mol. The Hall–Kier alpha value is -2.69. The highest BCUT2D eigenvalue weighted by molar-refractivity contribution is 9.09. The maximum atomic E-state index is 14.5. The van der Waals surface area contributed by atoms with Gasteiger partial charge in [0.05, 0.1) is 37.2 Å². The molecule has 230 valence electrons. The molecule has 4 rings (SSSR count). The molecule has 3 saturated heterocycles. The number of hydrogen-bond acceptors (Lipinski definition) is 6. The molecule has 1 aromatic carbocycles. The van der Waals surface area contributed by atoms with Crippen molar-refractivity contribution in [3.05, 3.63) is 49.6 Å². The summed E-state index contributed by atoms with van der Waals surface area (Å²) in [5.41, 5.74) is -0.559. The number of carbonyl (C=O) groups is 3. The van der Waals surface area contributed by atoms with E-state index >= 15 is 0 Å². The van der Waals surface area contributed by atoms with Crippen LogP contribution in [-0.2, 0) is 19.1 Å². The van der Waals surface area contributed by atoms with Crippen LogP contribution in [0, 0.1) is 11.8 Å². The van der Waals surface area contributed by atoms with Gasteiger partial charge in [-0.05, 0) is 57.9 Å². The van der Waals surface area contributed by atoms with Crippen molar-refractivity contribution < 1.29 is 29.0 Å². The van der Waals surface area contributed by atoms with Gasteiger partial charge in [-0.3, -0.25) is 14.4 Å². The number of alkyl halides is 1. The average Bonchev–Trinajstić information content (AvgIpc) is 3.57. The first kappa shape index (κ1) is 32.2. The number of aliphatic hydroxyl groups excluding tert-OH is 1. The largest absolute Gasteiger partial charge is 0.494 e. The number of fused-ring (bicyclic) bond motifs is 1. The van der Waals surface area contributed by atoms with E-state index in [1.54, 1.807) is 41.0 Å². The molecule has 3 aliphatic heterocycles. The van der Waals surface area contributed by atoms with Crippen LogP contribution in [0.15, 0.2) is 49.6 Å². The first-order valence-electron chi connectivity index (χ1n) is 14.9. The zero-order valence-electron chi connectivity index (χ0n) is 25.1. The molecular weight excluding hydrogens is 602 g/mol. The second kappa shape index (κ2) is 13.3. The minimum atomic E-state index is -1.21. The zero-order chi connectivity index (χ0) is 30.8. The molecule has 8 atom stereocenters. The summed E-state index contributed by atoms with van der Waals surface area (Å²) in [5, 5.41) is 10.2. The van der Waals surface area contributed by atoms with Crippen molar-refractivity contribution in [3.63, 3.8) is 0 Å². The van der Waals surface area contributed by atoms with Gasteiger partial charge in [-0.25, -0.2) is 0 Å². The van der Waals surface area contributed by atoms with Gasteiger partial charge in [0.1, 0.15) is 17.4 Å². The van der Waals surface area contributed by atoms with Crippen LogP contribution in [0.5, 0.6) is 5.75 Å². The number of rotatable bonds is 14. The van der Waals surface area contributed by atoms with Crippen LogP contribution in [0.1, 0.15) is 47.0 Å². The Kier molecular flexibility index (Phi) is 10.2. The third-order valence-corrected chi connectivity index (χ3v) is 9.71. The highest BCUT2D eigenvalue weighted by Gasteiger charge is 2.77. The predicted molar refractivity (Wildman–Crippen MR) is 166 cm³/mol. The van der Waals surface area contributed by atoms with E-state index in [4.69, 9.17) is 9.47 Å². The molecular formula is C32H44BrN3O6. The van der Waals surface area contributed by atoms with Crippen LogP contribution < -0.4 is 9.64 Å². The molecule has 2 bridgehead atoms. The van der Waals surface area contributed by atoms with E-state index < -0.39 is 35.6 Å². The van der Waals surface area contributed by atoms with Gasteiger partial charge in [-0.15, -0.1) is 13.2 Å². The lowest BCUT2D eigenvalue weighted by molar-refractivity contribution is -0.152. The molecule has 9 nitrogen and oxygen atoms in total. The number of carbonyl (C=O) groups excluding carboxylic acids is 3. The molecule has 3 heterocycles. The summed E-state index contributed by atoms with van der Waals surface area (Å²) in [7, 11) is 0. The van der Waals surface area contributed by atoms with Gasteiger partial charge in [0.15, 0.2) is 0 Å². The standard InChI is InChI=1S/C32H44BrN3O6/c1-7-11-20(5)34(16-8-2)31(40)28-32-18-24(33)27(42-32)25(26(32)30(39)36(28)21(6)19-37)29(38)35(17-9-3)22-12-14-23(15-13-22)41-10-4/h8-9,12-15,20-21,24-28,37H,2-3,7,10-11,16-19H2,1,4-6H3/t20?,21-,24?,25-,26+,27-,28?,32?/m1/s1. The third kappa shape index (κ3) is 5.42. The molecule has 1 N–H and O–H groups in total. The van der Waals surface area contributed by atoms with Crippen LogP contribution in [0.25, 0.3) is 0 Å². The Bertz CT molecular complexity index is 1180. The van der Waals surface area contributed by atoms with Gasteiger partial charge in [-0.2, -0.15) is 0 Å². The summed E-state index contributed by atoms with van der Waals surface area (Å²) in [4.78, 5) is 47.9. The predicted octanol–water partition coefficient (Wildman–Crippen LogP) is 3.94. The Balaban J connectivity index is 1.77. The highest BCUT2D eigenvalue weighted by atomic mass is 79.9. The van der Waals surface area contributed by atoms with Crippen molar-refractivity contribution in [1.29, 1.82) is 0 Å². The molecule has 3 amide bonds. The highest BCUT2D eigenvalue weighted by Crippen LogP contribution is 2.61. The van der Waals surface area contributed by atoms with Crippen molar-refractivity contribution in [2.45, 2.75) is 81.6 Å². The van der Waals surface area contributed by atoms with Gasteiger partial charge >= 0.3 is 0 Å². The van der Waals surface area contributed by atoms with Gasteiger partial charge in [0.25, 0.3) is 0 Å². The maximum Gasteiger partial charge on any atom is 0.248 e.